The van der Waals surface area contributed by atoms with E-state index < -0.39 is 0 Å². The molecule has 2 fully saturated rings. The lowest BCUT2D eigenvalue weighted by atomic mass is 9.96. The van der Waals surface area contributed by atoms with Crippen LogP contribution in [0.1, 0.15) is 61.4 Å². The number of piperidine rings is 1. The van der Waals surface area contributed by atoms with Crippen molar-refractivity contribution >= 4 is 23.4 Å². The first-order chi connectivity index (χ1) is 16.0. The van der Waals surface area contributed by atoms with Crippen molar-refractivity contribution in [2.45, 2.75) is 51.5 Å². The summed E-state index contributed by atoms with van der Waals surface area (Å²) in [7, 11) is 0. The number of carbonyl (C=O) groups is 3. The van der Waals surface area contributed by atoms with Crippen LogP contribution in [0.15, 0.2) is 54.6 Å². The zero-order valence-electron chi connectivity index (χ0n) is 19.5. The number of amides is 3. The molecule has 174 valence electrons. The Bertz CT molecular complexity index is 999. The van der Waals surface area contributed by atoms with Crippen LogP contribution in [-0.4, -0.2) is 48.3 Å². The maximum absolute atomic E-state index is 13.2. The van der Waals surface area contributed by atoms with Crippen molar-refractivity contribution in [3.8, 4) is 0 Å². The smallest absolute Gasteiger partial charge is 0.251 e. The third kappa shape index (κ3) is 5.10. The van der Waals surface area contributed by atoms with E-state index in [4.69, 9.17) is 0 Å². The minimum Gasteiger partial charge on any atom is -0.349 e. The van der Waals surface area contributed by atoms with Crippen molar-refractivity contribution in [2.24, 2.45) is 5.92 Å². The molecule has 6 nitrogen and oxygen atoms in total. The summed E-state index contributed by atoms with van der Waals surface area (Å²) in [5.41, 5.74) is 2.75. The Morgan fingerprint density at radius 2 is 1.70 bits per heavy atom. The summed E-state index contributed by atoms with van der Waals surface area (Å²) in [5, 5.41) is 3.08. The zero-order valence-corrected chi connectivity index (χ0v) is 19.5. The molecule has 6 heteroatoms. The van der Waals surface area contributed by atoms with Crippen molar-refractivity contribution in [1.29, 1.82) is 0 Å². The van der Waals surface area contributed by atoms with Gasteiger partial charge in [0.2, 0.25) is 11.8 Å². The molecule has 0 aromatic heterocycles. The monoisotopic (exact) mass is 447 g/mol. The highest BCUT2D eigenvalue weighted by atomic mass is 16.2. The van der Waals surface area contributed by atoms with E-state index in [-0.39, 0.29) is 36.1 Å². The SMILES string of the molecule is CCC(C)c1ccccc1N1CC(C(=O)N2CCC(NC(=O)c3ccccc3)CC2)CC1=O. The van der Waals surface area contributed by atoms with Crippen LogP contribution in [0, 0.1) is 5.92 Å². The number of rotatable bonds is 6. The average molecular weight is 448 g/mol. The van der Waals surface area contributed by atoms with Gasteiger partial charge in [0.05, 0.1) is 5.92 Å². The summed E-state index contributed by atoms with van der Waals surface area (Å²) < 4.78 is 0. The molecule has 2 aliphatic rings. The molecule has 2 saturated heterocycles. The molecule has 0 aliphatic carbocycles. The Morgan fingerprint density at radius 1 is 1.03 bits per heavy atom. The second-order valence-electron chi connectivity index (χ2n) is 9.21. The van der Waals surface area contributed by atoms with Crippen LogP contribution in [0.2, 0.25) is 0 Å². The van der Waals surface area contributed by atoms with Crippen molar-refractivity contribution in [2.75, 3.05) is 24.5 Å². The van der Waals surface area contributed by atoms with Gasteiger partial charge in [0.1, 0.15) is 0 Å². The molecule has 0 spiro atoms. The van der Waals surface area contributed by atoms with Crippen LogP contribution in [0.4, 0.5) is 5.69 Å². The molecule has 2 aromatic rings. The molecule has 3 amide bonds. The Balaban J connectivity index is 1.34. The molecule has 33 heavy (non-hydrogen) atoms. The first-order valence-corrected chi connectivity index (χ1v) is 12.0. The molecule has 1 N–H and O–H groups in total. The molecule has 2 aromatic carbocycles. The van der Waals surface area contributed by atoms with E-state index in [1.165, 1.54) is 0 Å². The number of likely N-dealkylation sites (tertiary alicyclic amines) is 1. The van der Waals surface area contributed by atoms with Crippen LogP contribution < -0.4 is 10.2 Å². The van der Waals surface area contributed by atoms with Crippen molar-refractivity contribution in [3.05, 3.63) is 65.7 Å². The van der Waals surface area contributed by atoms with Crippen LogP contribution in [-0.2, 0) is 9.59 Å². The summed E-state index contributed by atoms with van der Waals surface area (Å²) in [6.07, 6.45) is 2.71. The molecule has 2 atom stereocenters. The molecule has 0 radical (unpaired) electrons. The van der Waals surface area contributed by atoms with Gasteiger partial charge in [-0.1, -0.05) is 50.2 Å². The molecule has 0 bridgehead atoms. The first kappa shape index (κ1) is 23.0. The zero-order chi connectivity index (χ0) is 23.4. The Hall–Kier alpha value is -3.15. The average Bonchev–Trinajstić information content (AvgIpc) is 3.25. The normalized spacial score (nSPS) is 20.1. The first-order valence-electron chi connectivity index (χ1n) is 12.0. The standard InChI is InChI=1S/C27H33N3O3/c1-3-19(2)23-11-7-8-12-24(23)30-18-21(17-25(30)31)27(33)29-15-13-22(14-16-29)28-26(32)20-9-5-4-6-10-20/h4-12,19,21-22H,3,13-18H2,1-2H3,(H,28,32). The van der Waals surface area contributed by atoms with Crippen molar-refractivity contribution in [3.63, 3.8) is 0 Å². The molecular weight excluding hydrogens is 414 g/mol. The second-order valence-corrected chi connectivity index (χ2v) is 9.21. The summed E-state index contributed by atoms with van der Waals surface area (Å²) >= 11 is 0. The summed E-state index contributed by atoms with van der Waals surface area (Å²) in [6.45, 7) is 5.96. The van der Waals surface area contributed by atoms with Crippen molar-refractivity contribution < 1.29 is 14.4 Å². The third-order valence-corrected chi connectivity index (χ3v) is 7.02. The van der Waals surface area contributed by atoms with Gasteiger partial charge in [0, 0.05) is 43.3 Å². The fourth-order valence-electron chi connectivity index (χ4n) is 4.84. The second kappa shape index (κ2) is 10.2. The van der Waals surface area contributed by atoms with Gasteiger partial charge >= 0.3 is 0 Å². The van der Waals surface area contributed by atoms with E-state index >= 15 is 0 Å². The lowest BCUT2D eigenvalue weighted by Gasteiger charge is -2.34. The number of para-hydroxylation sites is 1. The molecule has 2 aliphatic heterocycles. The minimum absolute atomic E-state index is 0.0223. The van der Waals surface area contributed by atoms with E-state index in [1.807, 2.05) is 41.3 Å². The van der Waals surface area contributed by atoms with E-state index in [1.54, 1.807) is 17.0 Å². The molecular formula is C27H33N3O3. The maximum atomic E-state index is 13.2. The Morgan fingerprint density at radius 3 is 2.39 bits per heavy atom. The molecule has 2 unspecified atom stereocenters. The number of hydrogen-bond acceptors (Lipinski definition) is 3. The number of benzene rings is 2. The van der Waals surface area contributed by atoms with Gasteiger partial charge in [0.25, 0.3) is 5.91 Å². The topological polar surface area (TPSA) is 69.7 Å². The van der Waals surface area contributed by atoms with Gasteiger partial charge in [-0.25, -0.2) is 0 Å². The Kier molecular flexibility index (Phi) is 7.11. The number of nitrogens with zero attached hydrogens (tertiary/aromatic N) is 2. The van der Waals surface area contributed by atoms with Gasteiger partial charge in [-0.05, 0) is 48.9 Å². The predicted octanol–water partition coefficient (Wildman–Crippen LogP) is 3.97. The fourth-order valence-corrected chi connectivity index (χ4v) is 4.84. The van der Waals surface area contributed by atoms with Crippen LogP contribution in [0.3, 0.4) is 0 Å². The highest BCUT2D eigenvalue weighted by Gasteiger charge is 2.39. The van der Waals surface area contributed by atoms with Gasteiger partial charge in [-0.15, -0.1) is 0 Å². The van der Waals surface area contributed by atoms with Gasteiger partial charge in [-0.2, -0.15) is 0 Å². The number of anilines is 1. The quantitative estimate of drug-likeness (QED) is 0.728. The van der Waals surface area contributed by atoms with E-state index in [9.17, 15) is 14.4 Å². The van der Waals surface area contributed by atoms with Gasteiger partial charge in [-0.3, -0.25) is 14.4 Å². The van der Waals surface area contributed by atoms with Crippen LogP contribution in [0.5, 0.6) is 0 Å². The lowest BCUT2D eigenvalue weighted by Crippen LogP contribution is -2.48. The maximum Gasteiger partial charge on any atom is 0.251 e. The van der Waals surface area contributed by atoms with E-state index in [0.717, 1.165) is 30.5 Å². The Labute approximate surface area is 196 Å². The molecule has 0 saturated carbocycles. The molecule has 2 heterocycles. The van der Waals surface area contributed by atoms with E-state index in [2.05, 4.69) is 25.2 Å². The largest absolute Gasteiger partial charge is 0.349 e. The number of nitrogens with one attached hydrogen (secondary N) is 1. The van der Waals surface area contributed by atoms with Crippen LogP contribution >= 0.6 is 0 Å². The third-order valence-electron chi connectivity index (χ3n) is 7.02. The number of hydrogen-bond donors (Lipinski definition) is 1. The van der Waals surface area contributed by atoms with Gasteiger partial charge < -0.3 is 15.1 Å². The highest BCUT2D eigenvalue weighted by molar-refractivity contribution is 6.01. The predicted molar refractivity (Wildman–Crippen MR) is 129 cm³/mol. The van der Waals surface area contributed by atoms with Crippen molar-refractivity contribution in [1.82, 2.24) is 10.2 Å². The van der Waals surface area contributed by atoms with E-state index in [0.29, 0.717) is 31.1 Å². The van der Waals surface area contributed by atoms with Crippen LogP contribution in [0.25, 0.3) is 0 Å². The fraction of sp³-hybridized carbons (Fsp3) is 0.444. The number of carbonyl (C=O) groups excluding carboxylic acids is 3. The summed E-state index contributed by atoms with van der Waals surface area (Å²) in [5.74, 6) is 0.0537. The molecule has 4 rings (SSSR count). The summed E-state index contributed by atoms with van der Waals surface area (Å²) in [4.78, 5) is 42.1. The lowest BCUT2D eigenvalue weighted by molar-refractivity contribution is -0.136. The summed E-state index contributed by atoms with van der Waals surface area (Å²) in [6, 6.07) is 17.3. The highest BCUT2D eigenvalue weighted by Crippen LogP contribution is 2.34. The van der Waals surface area contributed by atoms with Gasteiger partial charge in [0.15, 0.2) is 0 Å². The minimum atomic E-state index is -0.307.